The van der Waals surface area contributed by atoms with E-state index in [1.54, 1.807) is 0 Å². The van der Waals surface area contributed by atoms with Gasteiger partial charge in [-0.15, -0.1) is 0 Å². The highest BCUT2D eigenvalue weighted by Gasteiger charge is 2.20. The minimum absolute atomic E-state index is 0.391. The van der Waals surface area contributed by atoms with Crippen LogP contribution in [0.5, 0.6) is 5.75 Å². The summed E-state index contributed by atoms with van der Waals surface area (Å²) in [4.78, 5) is 0. The molecule has 1 heterocycles. The maximum absolute atomic E-state index is 10.3. The lowest BCUT2D eigenvalue weighted by Gasteiger charge is -2.11. The van der Waals surface area contributed by atoms with E-state index in [0.717, 1.165) is 48.8 Å². The average Bonchev–Trinajstić information content (AvgIpc) is 2.90. The van der Waals surface area contributed by atoms with Gasteiger partial charge in [-0.25, -0.2) is 0 Å². The molecule has 0 aliphatic carbocycles. The highest BCUT2D eigenvalue weighted by atomic mass is 16.5. The molecule has 0 spiro atoms. The normalized spacial score (nSPS) is 12.9. The van der Waals surface area contributed by atoms with Crippen LogP contribution in [0.15, 0.2) is 6.07 Å². The van der Waals surface area contributed by atoms with Crippen LogP contribution in [-0.4, -0.2) is 5.11 Å². The molecule has 2 heteroatoms. The monoisotopic (exact) mass is 272 g/mol. The molecule has 0 unspecified atom stereocenters. The summed E-state index contributed by atoms with van der Waals surface area (Å²) in [6.07, 6.45) is 6.32. The van der Waals surface area contributed by atoms with Crippen molar-refractivity contribution in [2.24, 2.45) is 0 Å². The topological polar surface area (TPSA) is 29.5 Å². The maximum atomic E-state index is 10.3. The Balaban J connectivity index is 2.35. The summed E-state index contributed by atoms with van der Waals surface area (Å²) in [6.45, 7) is 5.57. The Bertz CT molecular complexity index is 520. The van der Waals surface area contributed by atoms with Crippen LogP contribution in [0.3, 0.4) is 0 Å². The van der Waals surface area contributed by atoms with Crippen molar-refractivity contribution in [1.82, 2.24) is 0 Å². The molecule has 0 saturated carbocycles. The molecule has 2 rings (SSSR count). The summed E-state index contributed by atoms with van der Waals surface area (Å²) < 4.78 is 5.52. The van der Waals surface area contributed by atoms with E-state index >= 15 is 0 Å². The van der Waals surface area contributed by atoms with Crippen LogP contribution in [0.1, 0.15) is 68.2 Å². The van der Waals surface area contributed by atoms with E-state index in [4.69, 9.17) is 4.74 Å². The third kappa shape index (κ3) is 3.35. The molecule has 1 aromatic carbocycles. The predicted molar refractivity (Wildman–Crippen MR) is 81.6 cm³/mol. The Kier molecular flexibility index (Phi) is 5.49. The van der Waals surface area contributed by atoms with Crippen LogP contribution in [0.2, 0.25) is 0 Å². The fourth-order valence-electron chi connectivity index (χ4n) is 2.54. The van der Waals surface area contributed by atoms with Crippen LogP contribution < -0.4 is 0 Å². The second kappa shape index (κ2) is 7.36. The van der Waals surface area contributed by atoms with Crippen molar-refractivity contribution < 1.29 is 9.84 Å². The summed E-state index contributed by atoms with van der Waals surface area (Å²) in [5.41, 5.74) is 4.34. The Labute approximate surface area is 122 Å². The number of ether oxygens (including phenoxy) is 1. The van der Waals surface area contributed by atoms with Gasteiger partial charge in [0.25, 0.3) is 0 Å². The smallest absolute Gasteiger partial charge is 0.120 e. The molecular formula is C18H24O2. The van der Waals surface area contributed by atoms with E-state index in [9.17, 15) is 5.11 Å². The number of aromatic hydroxyl groups is 1. The molecule has 0 bridgehead atoms. The molecule has 0 radical (unpaired) electrons. The van der Waals surface area contributed by atoms with Crippen molar-refractivity contribution in [3.8, 4) is 17.6 Å². The Morgan fingerprint density at radius 3 is 2.75 bits per heavy atom. The molecule has 1 aliphatic heterocycles. The van der Waals surface area contributed by atoms with Gasteiger partial charge in [-0.1, -0.05) is 38.5 Å². The number of benzene rings is 1. The summed E-state index contributed by atoms with van der Waals surface area (Å²) in [6, 6.07) is 1.87. The van der Waals surface area contributed by atoms with Crippen molar-refractivity contribution in [3.63, 3.8) is 0 Å². The second-order valence-electron chi connectivity index (χ2n) is 5.39. The second-order valence-corrected chi connectivity index (χ2v) is 5.39. The summed E-state index contributed by atoms with van der Waals surface area (Å²) in [7, 11) is 0. The van der Waals surface area contributed by atoms with Gasteiger partial charge in [0.1, 0.15) is 5.75 Å². The van der Waals surface area contributed by atoms with Gasteiger partial charge in [-0.2, -0.15) is 0 Å². The molecule has 1 aliphatic rings. The first kappa shape index (κ1) is 14.9. The lowest BCUT2D eigenvalue weighted by Crippen LogP contribution is -1.98. The van der Waals surface area contributed by atoms with E-state index in [-0.39, 0.29) is 0 Å². The van der Waals surface area contributed by atoms with E-state index in [1.807, 2.05) is 6.07 Å². The summed E-state index contributed by atoms with van der Waals surface area (Å²) in [5, 5.41) is 10.3. The zero-order valence-electron chi connectivity index (χ0n) is 12.6. The Hall–Kier alpha value is -1.46. The van der Waals surface area contributed by atoms with Gasteiger partial charge in [0, 0.05) is 17.5 Å². The molecule has 1 N–H and O–H groups in total. The van der Waals surface area contributed by atoms with Crippen LogP contribution in [0.4, 0.5) is 0 Å². The fourth-order valence-corrected chi connectivity index (χ4v) is 2.54. The Morgan fingerprint density at radius 2 is 2.00 bits per heavy atom. The molecule has 0 saturated heterocycles. The van der Waals surface area contributed by atoms with E-state index in [1.165, 1.54) is 12.0 Å². The van der Waals surface area contributed by atoms with E-state index < -0.39 is 0 Å². The van der Waals surface area contributed by atoms with Gasteiger partial charge in [0.05, 0.1) is 13.2 Å². The standard InChI is InChI=1S/C18H24O2/c1-3-5-7-8-10-15-16(9-6-4-2)18(19)11-14-12-20-13-17(14)15/h11,19H,3-7,9,12-13H2,1-2H3. The number of unbranched alkanes of at least 4 members (excludes halogenated alkanes) is 3. The first-order valence-corrected chi connectivity index (χ1v) is 7.71. The highest BCUT2D eigenvalue weighted by molar-refractivity contribution is 5.57. The molecular weight excluding hydrogens is 248 g/mol. The zero-order chi connectivity index (χ0) is 14.4. The van der Waals surface area contributed by atoms with E-state index in [0.29, 0.717) is 19.0 Å². The molecule has 2 nitrogen and oxygen atoms in total. The number of hydrogen-bond donors (Lipinski definition) is 1. The van der Waals surface area contributed by atoms with Crippen molar-refractivity contribution in [1.29, 1.82) is 0 Å². The molecule has 0 amide bonds. The molecule has 20 heavy (non-hydrogen) atoms. The van der Waals surface area contributed by atoms with Crippen molar-refractivity contribution in [2.75, 3.05) is 0 Å². The van der Waals surface area contributed by atoms with Gasteiger partial charge in [0.2, 0.25) is 0 Å². The molecule has 0 aromatic heterocycles. The predicted octanol–water partition coefficient (Wildman–Crippen LogP) is 4.31. The lowest BCUT2D eigenvalue weighted by atomic mass is 9.93. The molecule has 0 atom stereocenters. The maximum Gasteiger partial charge on any atom is 0.120 e. The van der Waals surface area contributed by atoms with Crippen LogP contribution >= 0.6 is 0 Å². The summed E-state index contributed by atoms with van der Waals surface area (Å²) >= 11 is 0. The summed E-state index contributed by atoms with van der Waals surface area (Å²) in [5.74, 6) is 6.96. The number of hydrogen-bond acceptors (Lipinski definition) is 2. The van der Waals surface area contributed by atoms with Crippen LogP contribution in [-0.2, 0) is 24.4 Å². The van der Waals surface area contributed by atoms with Gasteiger partial charge >= 0.3 is 0 Å². The van der Waals surface area contributed by atoms with Crippen LogP contribution in [0.25, 0.3) is 0 Å². The third-order valence-electron chi connectivity index (χ3n) is 3.76. The average molecular weight is 272 g/mol. The molecule has 108 valence electrons. The van der Waals surface area contributed by atoms with Crippen molar-refractivity contribution in [2.45, 2.75) is 65.6 Å². The largest absolute Gasteiger partial charge is 0.508 e. The van der Waals surface area contributed by atoms with Crippen molar-refractivity contribution >= 4 is 0 Å². The number of rotatable bonds is 5. The van der Waals surface area contributed by atoms with E-state index in [2.05, 4.69) is 25.7 Å². The van der Waals surface area contributed by atoms with Gasteiger partial charge < -0.3 is 9.84 Å². The minimum Gasteiger partial charge on any atom is -0.508 e. The SMILES string of the molecule is CCCCC#Cc1c(CCCC)c(O)cc2c1COC2. The van der Waals surface area contributed by atoms with Gasteiger partial charge in [-0.3, -0.25) is 0 Å². The zero-order valence-corrected chi connectivity index (χ0v) is 12.6. The molecule has 0 fully saturated rings. The lowest BCUT2D eigenvalue weighted by molar-refractivity contribution is 0.134. The minimum atomic E-state index is 0.391. The van der Waals surface area contributed by atoms with Crippen LogP contribution in [0, 0.1) is 11.8 Å². The third-order valence-corrected chi connectivity index (χ3v) is 3.76. The number of phenols is 1. The quantitative estimate of drug-likeness (QED) is 0.639. The number of fused-ring (bicyclic) bond motifs is 1. The van der Waals surface area contributed by atoms with Crippen molar-refractivity contribution in [3.05, 3.63) is 28.3 Å². The Morgan fingerprint density at radius 1 is 1.20 bits per heavy atom. The molecule has 1 aromatic rings. The fraction of sp³-hybridized carbons (Fsp3) is 0.556. The van der Waals surface area contributed by atoms with Gasteiger partial charge in [-0.05, 0) is 36.5 Å². The first-order chi connectivity index (χ1) is 9.77. The van der Waals surface area contributed by atoms with Gasteiger partial charge in [0.15, 0.2) is 0 Å². The highest BCUT2D eigenvalue weighted by Crippen LogP contribution is 2.33. The number of phenolic OH excluding ortho intramolecular Hbond substituents is 1. The first-order valence-electron chi connectivity index (χ1n) is 7.71.